The first kappa shape index (κ1) is 32.7. The van der Waals surface area contributed by atoms with Crippen molar-refractivity contribution in [2.45, 2.75) is 78.4 Å². The minimum Gasteiger partial charge on any atom is -0.341 e. The fourth-order valence-corrected chi connectivity index (χ4v) is 4.53. The van der Waals surface area contributed by atoms with Crippen LogP contribution in [-0.4, -0.2) is 81.3 Å². The highest BCUT2D eigenvalue weighted by molar-refractivity contribution is 7.89. The molecular formula is C22H43N3O5S2. The van der Waals surface area contributed by atoms with Gasteiger partial charge >= 0.3 is 0 Å². The van der Waals surface area contributed by atoms with E-state index >= 15 is 0 Å². The van der Waals surface area contributed by atoms with Gasteiger partial charge in [-0.3, -0.25) is 4.79 Å². The van der Waals surface area contributed by atoms with Crippen LogP contribution in [0, 0.1) is 0 Å². The maximum Gasteiger partial charge on any atom is 0.243 e. The lowest BCUT2D eigenvalue weighted by Gasteiger charge is -2.22. The minimum atomic E-state index is -3.30. The summed E-state index contributed by atoms with van der Waals surface area (Å²) in [4.78, 5) is 12.9. The number of sulfonamides is 2. The summed E-state index contributed by atoms with van der Waals surface area (Å²) in [5, 5.41) is 0. The molecule has 1 aromatic carbocycles. The van der Waals surface area contributed by atoms with Gasteiger partial charge in [0.2, 0.25) is 26.0 Å². The van der Waals surface area contributed by atoms with E-state index in [1.54, 1.807) is 51.4 Å². The van der Waals surface area contributed by atoms with E-state index in [9.17, 15) is 21.6 Å². The van der Waals surface area contributed by atoms with Crippen LogP contribution in [0.1, 0.15) is 55.4 Å². The first-order chi connectivity index (χ1) is 14.4. The summed E-state index contributed by atoms with van der Waals surface area (Å²) in [6, 6.07) is 8.83. The van der Waals surface area contributed by atoms with Crippen molar-refractivity contribution in [2.75, 3.05) is 26.9 Å². The van der Waals surface area contributed by atoms with Crippen molar-refractivity contribution in [1.82, 2.24) is 13.5 Å². The number of benzene rings is 1. The highest BCUT2D eigenvalue weighted by Crippen LogP contribution is 2.15. The van der Waals surface area contributed by atoms with Gasteiger partial charge in [-0.25, -0.2) is 21.1 Å². The molecule has 0 aromatic heterocycles. The second-order valence-electron chi connectivity index (χ2n) is 8.20. The van der Waals surface area contributed by atoms with E-state index in [1.807, 2.05) is 53.4 Å². The van der Waals surface area contributed by atoms with Crippen molar-refractivity contribution < 1.29 is 21.6 Å². The molecule has 0 aliphatic rings. The molecule has 0 atom stereocenters. The Labute approximate surface area is 196 Å². The highest BCUT2D eigenvalue weighted by Gasteiger charge is 2.22. The summed E-state index contributed by atoms with van der Waals surface area (Å²) in [6.45, 7) is 15.8. The number of amides is 1. The smallest absolute Gasteiger partial charge is 0.243 e. The van der Waals surface area contributed by atoms with E-state index in [0.717, 1.165) is 6.54 Å². The van der Waals surface area contributed by atoms with Gasteiger partial charge in [0.05, 0.1) is 11.2 Å². The second-order valence-corrected chi connectivity index (χ2v) is 12.2. The Hall–Kier alpha value is -1.49. The largest absolute Gasteiger partial charge is 0.341 e. The molecule has 0 aliphatic heterocycles. The molecule has 10 heteroatoms. The molecule has 0 bridgehead atoms. The quantitative estimate of drug-likeness (QED) is 0.581. The van der Waals surface area contributed by atoms with Gasteiger partial charge < -0.3 is 4.90 Å². The molecule has 1 rings (SSSR count). The van der Waals surface area contributed by atoms with E-state index in [-0.39, 0.29) is 18.0 Å². The number of hydrogen-bond acceptors (Lipinski definition) is 5. The Morgan fingerprint density at radius 3 is 1.41 bits per heavy atom. The molecule has 0 aliphatic carbocycles. The van der Waals surface area contributed by atoms with Crippen LogP contribution in [0.5, 0.6) is 0 Å². The lowest BCUT2D eigenvalue weighted by Crippen LogP contribution is -2.34. The van der Waals surface area contributed by atoms with Crippen molar-refractivity contribution in [3.8, 4) is 0 Å². The molecule has 0 spiro atoms. The molecule has 0 unspecified atom stereocenters. The molecular weight excluding hydrogens is 450 g/mol. The van der Waals surface area contributed by atoms with Crippen LogP contribution in [0.15, 0.2) is 35.2 Å². The molecule has 1 aromatic rings. The highest BCUT2D eigenvalue weighted by atomic mass is 32.2. The van der Waals surface area contributed by atoms with Crippen molar-refractivity contribution in [3.05, 3.63) is 30.3 Å². The summed E-state index contributed by atoms with van der Waals surface area (Å²) in [6.07, 6.45) is 1.20. The summed E-state index contributed by atoms with van der Waals surface area (Å²) in [5.41, 5.74) is 0. The van der Waals surface area contributed by atoms with E-state index in [0.29, 0.717) is 10.9 Å². The van der Waals surface area contributed by atoms with Crippen LogP contribution < -0.4 is 0 Å². The Balaban J connectivity index is 0. The van der Waals surface area contributed by atoms with Gasteiger partial charge in [-0.2, -0.15) is 4.31 Å². The lowest BCUT2D eigenvalue weighted by atomic mass is 10.3. The number of nitrogens with zero attached hydrogens (tertiary/aromatic N) is 3. The first-order valence-corrected chi connectivity index (χ1v) is 13.9. The van der Waals surface area contributed by atoms with E-state index in [4.69, 9.17) is 0 Å². The standard InChI is InChI=1S/C10H15NO2S.C7H15NO.C5H13NO2S/c1-9(2)11(3)14(12,13)10-7-5-4-6-8-10;1-5-8(6(2)3)7(4)9;1-5(2)6(3)9(4,7)8/h4-9H,1-3H3;6H,5H2,1-4H3;5H,1-4H3. The zero-order chi connectivity index (χ0) is 25.9. The van der Waals surface area contributed by atoms with Crippen LogP contribution in [0.2, 0.25) is 0 Å². The normalized spacial score (nSPS) is 11.9. The molecule has 188 valence electrons. The van der Waals surface area contributed by atoms with Gasteiger partial charge in [-0.15, -0.1) is 0 Å². The maximum absolute atomic E-state index is 11.9. The monoisotopic (exact) mass is 493 g/mol. The molecule has 0 saturated heterocycles. The number of rotatable bonds is 7. The van der Waals surface area contributed by atoms with Crippen molar-refractivity contribution in [2.24, 2.45) is 0 Å². The van der Waals surface area contributed by atoms with Gasteiger partial charge in [0.25, 0.3) is 0 Å². The third kappa shape index (κ3) is 11.9. The summed E-state index contributed by atoms with van der Waals surface area (Å²) >= 11 is 0. The average Bonchev–Trinajstić information content (AvgIpc) is 2.67. The van der Waals surface area contributed by atoms with E-state index in [1.165, 1.54) is 14.9 Å². The molecule has 0 radical (unpaired) electrons. The zero-order valence-corrected chi connectivity index (χ0v) is 23.2. The Kier molecular flexibility index (Phi) is 14.9. The number of carbonyl (C=O) groups is 1. The van der Waals surface area contributed by atoms with Crippen molar-refractivity contribution >= 4 is 26.0 Å². The predicted octanol–water partition coefficient (Wildman–Crippen LogP) is 3.26. The van der Waals surface area contributed by atoms with Gasteiger partial charge in [-0.1, -0.05) is 18.2 Å². The summed E-state index contributed by atoms with van der Waals surface area (Å²) < 4.78 is 47.9. The average molecular weight is 494 g/mol. The summed E-state index contributed by atoms with van der Waals surface area (Å²) in [5.74, 6) is 0.160. The molecule has 8 nitrogen and oxygen atoms in total. The third-order valence-corrected chi connectivity index (χ3v) is 8.28. The molecule has 0 N–H and O–H groups in total. The fraction of sp³-hybridized carbons (Fsp3) is 0.682. The van der Waals surface area contributed by atoms with Crippen LogP contribution in [0.3, 0.4) is 0 Å². The number of hydrogen-bond donors (Lipinski definition) is 0. The lowest BCUT2D eigenvalue weighted by molar-refractivity contribution is -0.130. The molecule has 0 fully saturated rings. The number of carbonyl (C=O) groups excluding carboxylic acids is 1. The van der Waals surface area contributed by atoms with Crippen LogP contribution in [0.4, 0.5) is 0 Å². The predicted molar refractivity (Wildman–Crippen MR) is 132 cm³/mol. The Bertz CT molecular complexity index is 868. The third-order valence-electron chi connectivity index (χ3n) is 4.77. The van der Waals surface area contributed by atoms with E-state index < -0.39 is 20.0 Å². The van der Waals surface area contributed by atoms with Crippen LogP contribution in [0.25, 0.3) is 0 Å². The van der Waals surface area contributed by atoms with E-state index in [2.05, 4.69) is 0 Å². The molecule has 0 saturated carbocycles. The van der Waals surface area contributed by atoms with Crippen LogP contribution >= 0.6 is 0 Å². The van der Waals surface area contributed by atoms with Gasteiger partial charge in [0.1, 0.15) is 0 Å². The van der Waals surface area contributed by atoms with Gasteiger partial charge in [-0.05, 0) is 60.6 Å². The first-order valence-electron chi connectivity index (χ1n) is 10.6. The molecule has 0 heterocycles. The topological polar surface area (TPSA) is 95.1 Å². The van der Waals surface area contributed by atoms with Crippen molar-refractivity contribution in [3.63, 3.8) is 0 Å². The van der Waals surface area contributed by atoms with Gasteiger partial charge in [0, 0.05) is 45.7 Å². The molecule has 32 heavy (non-hydrogen) atoms. The summed E-state index contributed by atoms with van der Waals surface area (Å²) in [7, 11) is -3.11. The minimum absolute atomic E-state index is 0.0276. The molecule has 1 amide bonds. The Morgan fingerprint density at radius 1 is 0.812 bits per heavy atom. The van der Waals surface area contributed by atoms with Crippen LogP contribution in [-0.2, 0) is 24.8 Å². The zero-order valence-electron chi connectivity index (χ0n) is 21.5. The maximum atomic E-state index is 11.9. The Morgan fingerprint density at radius 2 is 1.22 bits per heavy atom. The van der Waals surface area contributed by atoms with Gasteiger partial charge in [0.15, 0.2) is 0 Å². The SMILES string of the molecule is CC(C)N(C)S(=O)(=O)c1ccccc1.CC(C)N(C)S(C)(=O)=O.CCN(C(C)=O)C(C)C. The second kappa shape index (κ2) is 14.6. The fourth-order valence-electron chi connectivity index (χ4n) is 2.37. The van der Waals surface area contributed by atoms with Crippen molar-refractivity contribution in [1.29, 1.82) is 0 Å².